The van der Waals surface area contributed by atoms with Crippen LogP contribution < -0.4 is 26.6 Å². The zero-order valence-corrected chi connectivity index (χ0v) is 81.6. The first kappa shape index (κ1) is 107. The number of nitrogens with one attached hydrogen (secondary N) is 5. The highest BCUT2D eigenvalue weighted by Gasteiger charge is 2.79. The molecule has 3 saturated heterocycles. The van der Waals surface area contributed by atoms with Crippen LogP contribution in [-0.2, 0) is 127 Å². The number of alkyl halides is 1. The van der Waals surface area contributed by atoms with Crippen LogP contribution in [-0.4, -0.2) is 293 Å². The molecule has 7 N–H and O–H groups in total. The molecule has 11 rings (SSSR count). The lowest BCUT2D eigenvalue weighted by Crippen LogP contribution is -2.82. The molecule has 2 aromatic heterocycles. The van der Waals surface area contributed by atoms with Gasteiger partial charge in [-0.2, -0.15) is 21.7 Å². The van der Waals surface area contributed by atoms with E-state index in [1.54, 1.807) is 89.5 Å². The number of aliphatic hydroxyl groups is 2. The third kappa shape index (κ3) is 29.9. The Kier molecular flexibility index (Phi) is 40.0. The van der Waals surface area contributed by atoms with Crippen molar-refractivity contribution in [2.24, 2.45) is 22.7 Å². The van der Waals surface area contributed by atoms with Crippen molar-refractivity contribution in [1.29, 1.82) is 0 Å². The zero-order chi connectivity index (χ0) is 97.0. The number of halogens is 1. The van der Waals surface area contributed by atoms with E-state index < -0.39 is 143 Å². The summed E-state index contributed by atoms with van der Waals surface area (Å²) in [5, 5.41) is 50.8. The summed E-state index contributed by atoms with van der Waals surface area (Å²) in [5.41, 5.74) is -7.50. The van der Waals surface area contributed by atoms with Gasteiger partial charge in [0.05, 0.1) is 145 Å². The number of hydrogen-bond donors (Lipinski definition) is 7. The van der Waals surface area contributed by atoms with E-state index in [0.717, 1.165) is 37.6 Å². The molecule has 36 nitrogen and oxygen atoms in total. The van der Waals surface area contributed by atoms with E-state index in [-0.39, 0.29) is 77.8 Å². The van der Waals surface area contributed by atoms with Crippen molar-refractivity contribution in [2.75, 3.05) is 117 Å². The quantitative estimate of drug-likeness (QED) is 0.00540. The van der Waals surface area contributed by atoms with Crippen LogP contribution in [0.5, 0.6) is 0 Å². The Bertz CT molecular complexity index is 4730. The summed E-state index contributed by atoms with van der Waals surface area (Å²) in [7, 11) is 2.85. The molecule has 7 aliphatic rings. The lowest BCUT2D eigenvalue weighted by Gasteiger charge is -2.67. The minimum absolute atomic E-state index is 0.0248. The van der Waals surface area contributed by atoms with Crippen molar-refractivity contribution in [3.8, 4) is 0 Å². The van der Waals surface area contributed by atoms with Gasteiger partial charge in [-0.25, -0.2) is 33.2 Å². The second kappa shape index (κ2) is 50.7. The SMILES string of the molecule is CC(=O)O[C@@]12CO[C@@H]1C[C@H](O)[C@@]1(C)C(=O)[C@H](OC(=O)C3CC3)C3=C(C)[C@@H](OC(=O)[C@H](OC(=O)Cc4ccccc4SSC(C)CCC(=O)NCCCc4nc(CCc5cn(CCOCCOCCOCCF)nn5)nc(NCCOCCOCCOCCCC(=O)CCCC[C@@H]5SC[C@@H]6NC(=O)N[C@@H]65)n4)[C@H](C=C(C)C)NC(=O)OC(C)(C)C)C[C@@](O)([C@@H](OC(=O)c4ccccc4)[C@H]21)C3(C)C. The summed E-state index contributed by atoms with van der Waals surface area (Å²) < 4.78 is 91.2. The summed E-state index contributed by atoms with van der Waals surface area (Å²) in [6.45, 7) is 21.8. The number of aryl methyl sites for hydroxylation is 3. The van der Waals surface area contributed by atoms with Gasteiger partial charge in [0.15, 0.2) is 17.5 Å². The van der Waals surface area contributed by atoms with Gasteiger partial charge in [-0.15, -0.1) is 5.10 Å². The number of allylic oxidation sites excluding steroid dienone is 1. The number of thioether (sulfide) groups is 1. The van der Waals surface area contributed by atoms with E-state index in [1.165, 1.54) is 53.6 Å². The van der Waals surface area contributed by atoms with Crippen LogP contribution in [0.1, 0.15) is 193 Å². The molecule has 3 aliphatic heterocycles. The largest absolute Gasteiger partial charge is 0.455 e. The Hall–Kier alpha value is -8.81. The fourth-order valence-electron chi connectivity index (χ4n) is 17.9. The molecule has 744 valence electrons. The first-order valence-electron chi connectivity index (χ1n) is 46.8. The van der Waals surface area contributed by atoms with Crippen molar-refractivity contribution in [3.05, 3.63) is 112 Å². The van der Waals surface area contributed by atoms with Gasteiger partial charge in [0.25, 0.3) is 0 Å². The fraction of sp³-hybridized carbons (Fsp3) is 0.674. The zero-order valence-electron chi connectivity index (χ0n) is 79.2. The molecule has 6 fully saturated rings. The minimum Gasteiger partial charge on any atom is -0.455 e. The smallest absolute Gasteiger partial charge is 0.408 e. The highest BCUT2D eigenvalue weighted by molar-refractivity contribution is 8.77. The second-order valence-corrected chi connectivity index (χ2v) is 41.1. The van der Waals surface area contributed by atoms with E-state index in [1.807, 2.05) is 30.9 Å². The third-order valence-electron chi connectivity index (χ3n) is 25.1. The molecule has 135 heavy (non-hydrogen) atoms. The van der Waals surface area contributed by atoms with Crippen LogP contribution in [0.15, 0.2) is 88.5 Å². The molecule has 4 aliphatic carbocycles. The number of benzene rings is 2. The standard InChI is InChI=1S/C95H134FN11O25S3/c1-58(2)51-67(100-90(118)132-91(6,7)8)80(87(116)127-69-54-95(119)84(130-86(115)62-21-13-12-14-22-62)82-93(11,72(110)53-73-94(82,57-126-73)131-61(5)108)83(113)81(129-85(114)63-30-31-63)78(60(69)4)92(95,9)10)128-77(112)52-64-23-15-17-26-70(64)135-134-59(3)29-34-76(111)97-36-19-28-74-101-75(33-32-65-55-107(106-105-65)38-42-123-46-50-125-48-44-121-40-35-96)103-88(102-74)98-37-41-122-45-49-124-47-43-120-39-20-25-66(109)24-16-18-27-71-79-68(56-133-71)99-89(117)104-79/h12-15,17,21-23,26,51,55,59,63,67-69,71-73,79-82,84,110,119H,16,18-20,24-25,27-50,52-54,56-57H2,1-11H3,(H,97,111)(H,100,118)(H2,99,104,117)(H,98,101,102,103)/t59?,67-,68-,69-,71-,72-,73+,79-,80+,81+,82-,84-,93+,94-,95+/m0/s1. The van der Waals surface area contributed by atoms with Crippen LogP contribution in [0.25, 0.3) is 0 Å². The number of rotatable bonds is 56. The van der Waals surface area contributed by atoms with Gasteiger partial charge in [-0.3, -0.25) is 28.8 Å². The average Bonchev–Trinajstić information content (AvgIpc) is 0.932. The molecule has 2 bridgehead atoms. The molecule has 3 saturated carbocycles. The van der Waals surface area contributed by atoms with E-state index >= 15 is 9.59 Å². The van der Waals surface area contributed by atoms with E-state index in [4.69, 9.17) is 76.5 Å². The first-order valence-corrected chi connectivity index (χ1v) is 50.1. The van der Waals surface area contributed by atoms with Crippen LogP contribution in [0.4, 0.5) is 19.9 Å². The fourth-order valence-corrected chi connectivity index (χ4v) is 21.9. The molecule has 0 spiro atoms. The Labute approximate surface area is 799 Å². The summed E-state index contributed by atoms with van der Waals surface area (Å²) in [6.07, 6.45) is -1.39. The number of nitrogens with zero attached hydrogens (tertiary/aromatic N) is 6. The number of unbranched alkanes of at least 4 members (excludes halogenated alkanes) is 1. The molecule has 5 heterocycles. The van der Waals surface area contributed by atoms with E-state index in [9.17, 15) is 53.0 Å². The number of Topliss-reactive ketones (excluding diaryl/α,β-unsaturated/α-hetero) is 2. The van der Waals surface area contributed by atoms with Gasteiger partial charge in [0, 0.05) is 111 Å². The van der Waals surface area contributed by atoms with Crippen LogP contribution in [0.3, 0.4) is 0 Å². The van der Waals surface area contributed by atoms with Crippen molar-refractivity contribution in [2.45, 2.75) is 279 Å². The number of amides is 4. The molecule has 4 amide bonds. The second-order valence-electron chi connectivity index (χ2n) is 37.1. The maximum atomic E-state index is 16.3. The maximum absolute atomic E-state index is 16.3. The lowest BCUT2D eigenvalue weighted by atomic mass is 9.44. The predicted molar refractivity (Wildman–Crippen MR) is 497 cm³/mol. The van der Waals surface area contributed by atoms with Gasteiger partial charge in [-0.05, 0) is 128 Å². The van der Waals surface area contributed by atoms with E-state index in [0.29, 0.717) is 195 Å². The van der Waals surface area contributed by atoms with Crippen molar-refractivity contribution < 1.29 is 124 Å². The van der Waals surface area contributed by atoms with Crippen molar-refractivity contribution >= 4 is 98.7 Å². The molecule has 4 aromatic rings. The number of carbonyl (C=O) groups is 10. The Morgan fingerprint density at radius 3 is 2.13 bits per heavy atom. The van der Waals surface area contributed by atoms with Gasteiger partial charge in [0.1, 0.15) is 53.6 Å². The van der Waals surface area contributed by atoms with Crippen LogP contribution in [0, 0.1) is 22.7 Å². The molecular weight excluding hydrogens is 1810 g/mol. The molecule has 0 radical (unpaired) electrons. The molecule has 15 atom stereocenters. The number of fused-ring (bicyclic) bond motifs is 6. The number of aliphatic hydroxyl groups excluding tert-OH is 1. The minimum atomic E-state index is -2.53. The Morgan fingerprint density at radius 1 is 0.778 bits per heavy atom. The number of hydrogen-bond acceptors (Lipinski definition) is 34. The Morgan fingerprint density at radius 2 is 1.45 bits per heavy atom. The van der Waals surface area contributed by atoms with Gasteiger partial charge in [-0.1, -0.05) is 102 Å². The normalized spacial score (nSPS) is 24.4. The third-order valence-corrected chi connectivity index (χ3v) is 29.7. The summed E-state index contributed by atoms with van der Waals surface area (Å²) >= 11 is 1.89. The molecular formula is C95H134FN11O25S3. The van der Waals surface area contributed by atoms with Gasteiger partial charge < -0.3 is 98.4 Å². The lowest BCUT2D eigenvalue weighted by molar-refractivity contribution is -0.346. The van der Waals surface area contributed by atoms with Crippen molar-refractivity contribution in [3.63, 3.8) is 0 Å². The number of carbonyl (C=O) groups excluding carboxylic acids is 10. The highest BCUT2D eigenvalue weighted by Crippen LogP contribution is 2.65. The monoisotopic (exact) mass is 1940 g/mol. The van der Waals surface area contributed by atoms with Gasteiger partial charge >= 0.3 is 42.0 Å². The molecule has 1 unspecified atom stereocenters. The predicted octanol–water partition coefficient (Wildman–Crippen LogP) is 9.38. The summed E-state index contributed by atoms with van der Waals surface area (Å²) in [4.78, 5) is 156. The number of aromatic nitrogens is 6. The maximum Gasteiger partial charge on any atom is 0.408 e. The highest BCUT2D eigenvalue weighted by atomic mass is 33.1. The number of alkyl carbamates (subject to hydrolysis) is 1. The van der Waals surface area contributed by atoms with Gasteiger partial charge in [0.2, 0.25) is 18.0 Å². The Balaban J connectivity index is 0.691. The number of ether oxygens (including phenoxy) is 13. The van der Waals surface area contributed by atoms with Crippen LogP contribution >= 0.6 is 33.3 Å². The topological polar surface area (TPSA) is 461 Å². The number of esters is 5. The number of anilines is 1. The van der Waals surface area contributed by atoms with E-state index in [2.05, 4.69) is 36.9 Å². The number of ketones is 2. The van der Waals surface area contributed by atoms with Crippen molar-refractivity contribution in [1.82, 2.24) is 51.2 Å². The summed E-state index contributed by atoms with van der Waals surface area (Å²) in [5.74, 6) is -5.47. The van der Waals surface area contributed by atoms with Crippen LogP contribution in [0.2, 0.25) is 0 Å². The molecule has 2 aromatic carbocycles. The average molecular weight is 1950 g/mol. The number of urea groups is 1. The first-order chi connectivity index (χ1) is 64.6. The summed E-state index contributed by atoms with van der Waals surface area (Å²) in [6, 6.07) is 13.7. The molecule has 40 heteroatoms.